The van der Waals surface area contributed by atoms with Crippen LogP contribution in [0, 0.1) is 12.8 Å². The third-order valence-corrected chi connectivity index (χ3v) is 5.80. The van der Waals surface area contributed by atoms with Gasteiger partial charge in [0.15, 0.2) is 0 Å². The summed E-state index contributed by atoms with van der Waals surface area (Å²) in [6.45, 7) is 8.88. The Balaban J connectivity index is 1.34. The summed E-state index contributed by atoms with van der Waals surface area (Å²) in [4.78, 5) is 19.6. The van der Waals surface area contributed by atoms with Gasteiger partial charge in [0.2, 0.25) is 11.8 Å². The Morgan fingerprint density at radius 3 is 2.82 bits per heavy atom. The van der Waals surface area contributed by atoms with Crippen molar-refractivity contribution >= 4 is 5.91 Å². The number of oxazole rings is 1. The summed E-state index contributed by atoms with van der Waals surface area (Å²) in [5.74, 6) is 1.78. The van der Waals surface area contributed by atoms with Crippen LogP contribution in [0.1, 0.15) is 31.7 Å². The van der Waals surface area contributed by atoms with Crippen LogP contribution in [0.25, 0.3) is 11.5 Å². The molecule has 3 atom stereocenters. The number of amides is 1. The topological polar surface area (TPSA) is 67.6 Å². The second-order valence-corrected chi connectivity index (χ2v) is 8.29. The summed E-state index contributed by atoms with van der Waals surface area (Å²) in [7, 11) is 0. The smallest absolute Gasteiger partial charge is 0.226 e. The van der Waals surface area contributed by atoms with Crippen LogP contribution in [0.5, 0.6) is 0 Å². The molecule has 2 aliphatic heterocycles. The molecule has 2 fully saturated rings. The van der Waals surface area contributed by atoms with Crippen LogP contribution in [-0.2, 0) is 16.0 Å². The fraction of sp³-hybridized carbons (Fsp3) is 0.545. The van der Waals surface area contributed by atoms with Crippen molar-refractivity contribution in [3.63, 3.8) is 0 Å². The normalized spacial score (nSPS) is 25.1. The van der Waals surface area contributed by atoms with Crippen molar-refractivity contribution in [1.82, 2.24) is 15.2 Å². The molecule has 1 N–H and O–H groups in total. The maximum Gasteiger partial charge on any atom is 0.226 e. The van der Waals surface area contributed by atoms with Crippen molar-refractivity contribution in [3.8, 4) is 11.5 Å². The van der Waals surface area contributed by atoms with Crippen molar-refractivity contribution in [2.75, 3.05) is 19.7 Å². The van der Waals surface area contributed by atoms with Gasteiger partial charge in [-0.15, -0.1) is 0 Å². The molecule has 0 saturated carbocycles. The second kappa shape index (κ2) is 8.05. The fourth-order valence-electron chi connectivity index (χ4n) is 4.13. The molecule has 1 aromatic carbocycles. The van der Waals surface area contributed by atoms with Crippen LogP contribution in [0.15, 0.2) is 34.7 Å². The number of hydrogen-bond donors (Lipinski definition) is 1. The molecule has 6 nitrogen and oxygen atoms in total. The maximum atomic E-state index is 12.6. The first-order chi connectivity index (χ1) is 13.5. The van der Waals surface area contributed by atoms with Gasteiger partial charge in [-0.1, -0.05) is 32.0 Å². The minimum absolute atomic E-state index is 0.00202. The Morgan fingerprint density at radius 2 is 2.07 bits per heavy atom. The fourth-order valence-corrected chi connectivity index (χ4v) is 4.13. The van der Waals surface area contributed by atoms with Gasteiger partial charge in [-0.2, -0.15) is 0 Å². The zero-order chi connectivity index (χ0) is 19.7. The lowest BCUT2D eigenvalue weighted by Gasteiger charge is -2.36. The van der Waals surface area contributed by atoms with Crippen molar-refractivity contribution in [1.29, 1.82) is 0 Å². The molecule has 4 rings (SSSR count). The number of carbonyl (C=O) groups is 1. The molecule has 0 spiro atoms. The third-order valence-electron chi connectivity index (χ3n) is 5.80. The number of hydrogen-bond acceptors (Lipinski definition) is 5. The number of benzene rings is 1. The summed E-state index contributed by atoms with van der Waals surface area (Å²) in [5.41, 5.74) is 1.62. The van der Waals surface area contributed by atoms with Crippen LogP contribution in [0.2, 0.25) is 0 Å². The molecular formula is C22H29N3O3. The lowest BCUT2D eigenvalue weighted by atomic mass is 10.0. The van der Waals surface area contributed by atoms with Gasteiger partial charge in [0.25, 0.3) is 0 Å². The van der Waals surface area contributed by atoms with Gasteiger partial charge in [0.05, 0.1) is 24.8 Å². The number of nitrogens with one attached hydrogen (secondary N) is 1. The molecule has 2 saturated heterocycles. The van der Waals surface area contributed by atoms with Gasteiger partial charge in [-0.05, 0) is 31.4 Å². The average molecular weight is 383 g/mol. The van der Waals surface area contributed by atoms with E-state index in [9.17, 15) is 4.79 Å². The first kappa shape index (κ1) is 19.2. The number of morpholine rings is 1. The van der Waals surface area contributed by atoms with Gasteiger partial charge in [-0.25, -0.2) is 4.98 Å². The van der Waals surface area contributed by atoms with Crippen LogP contribution in [0.4, 0.5) is 0 Å². The van der Waals surface area contributed by atoms with E-state index in [0.717, 1.165) is 31.7 Å². The van der Waals surface area contributed by atoms with Crippen LogP contribution < -0.4 is 5.32 Å². The van der Waals surface area contributed by atoms with Crippen LogP contribution in [-0.4, -0.2) is 53.7 Å². The summed E-state index contributed by atoms with van der Waals surface area (Å²) >= 11 is 0. The SMILES string of the molecule is Cc1oc(-c2ccccc2)nc1CC(=O)N[C@H]1C[C@H]2CO[C@H](C(C)C)CN2C1. The van der Waals surface area contributed by atoms with Gasteiger partial charge in [0, 0.05) is 30.7 Å². The number of ether oxygens (including phenoxy) is 1. The van der Waals surface area contributed by atoms with E-state index < -0.39 is 0 Å². The Labute approximate surface area is 166 Å². The molecule has 1 amide bonds. The van der Waals surface area contributed by atoms with E-state index in [1.165, 1.54) is 0 Å². The Hall–Kier alpha value is -2.18. The molecular weight excluding hydrogens is 354 g/mol. The number of carbonyl (C=O) groups excluding carboxylic acids is 1. The number of fused-ring (bicyclic) bond motifs is 1. The standard InChI is InChI=1S/C22H29N3O3/c1-14(2)20-12-25-11-17(9-18(25)13-27-20)23-21(26)10-19-15(3)28-22(24-19)16-7-5-4-6-8-16/h4-8,14,17-18,20H,9-13H2,1-3H3,(H,23,26)/t17-,18-,20-/m0/s1. The zero-order valence-electron chi connectivity index (χ0n) is 16.9. The number of nitrogens with zero attached hydrogens (tertiary/aromatic N) is 2. The predicted octanol–water partition coefficient (Wildman–Crippen LogP) is 2.81. The summed E-state index contributed by atoms with van der Waals surface area (Å²) in [5, 5.41) is 3.19. The van der Waals surface area contributed by atoms with E-state index in [4.69, 9.17) is 9.15 Å². The highest BCUT2D eigenvalue weighted by molar-refractivity contribution is 5.78. The Kier molecular flexibility index (Phi) is 5.51. The average Bonchev–Trinajstić information content (AvgIpc) is 3.24. The number of aryl methyl sites for hydroxylation is 1. The molecule has 2 aliphatic rings. The van der Waals surface area contributed by atoms with Crippen molar-refractivity contribution in [2.45, 2.75) is 51.8 Å². The van der Waals surface area contributed by atoms with E-state index in [-0.39, 0.29) is 18.4 Å². The first-order valence-corrected chi connectivity index (χ1v) is 10.2. The van der Waals surface area contributed by atoms with E-state index in [1.54, 1.807) is 0 Å². The van der Waals surface area contributed by atoms with Crippen molar-refractivity contribution in [2.24, 2.45) is 5.92 Å². The Bertz CT molecular complexity index is 818. The van der Waals surface area contributed by atoms with E-state index in [2.05, 4.69) is 29.0 Å². The molecule has 28 heavy (non-hydrogen) atoms. The summed E-state index contributed by atoms with van der Waals surface area (Å²) < 4.78 is 11.8. The largest absolute Gasteiger partial charge is 0.441 e. The molecule has 150 valence electrons. The quantitative estimate of drug-likeness (QED) is 0.860. The van der Waals surface area contributed by atoms with E-state index >= 15 is 0 Å². The highest BCUT2D eigenvalue weighted by Crippen LogP contribution is 2.26. The Morgan fingerprint density at radius 1 is 1.29 bits per heavy atom. The minimum Gasteiger partial charge on any atom is -0.441 e. The van der Waals surface area contributed by atoms with Crippen LogP contribution >= 0.6 is 0 Å². The first-order valence-electron chi connectivity index (χ1n) is 10.2. The second-order valence-electron chi connectivity index (χ2n) is 8.29. The number of rotatable bonds is 5. The molecule has 3 heterocycles. The lowest BCUT2D eigenvalue weighted by molar-refractivity contribution is -0.121. The molecule has 0 unspecified atom stereocenters. The molecule has 0 aliphatic carbocycles. The highest BCUT2D eigenvalue weighted by atomic mass is 16.5. The van der Waals surface area contributed by atoms with Gasteiger partial charge < -0.3 is 14.5 Å². The molecule has 6 heteroatoms. The van der Waals surface area contributed by atoms with E-state index in [0.29, 0.717) is 35.4 Å². The molecule has 0 bridgehead atoms. The monoisotopic (exact) mass is 383 g/mol. The molecule has 0 radical (unpaired) electrons. The van der Waals surface area contributed by atoms with Gasteiger partial charge in [0.1, 0.15) is 5.76 Å². The summed E-state index contributed by atoms with van der Waals surface area (Å²) in [6.07, 6.45) is 1.48. The maximum absolute atomic E-state index is 12.6. The van der Waals surface area contributed by atoms with Gasteiger partial charge in [-0.3, -0.25) is 9.69 Å². The predicted molar refractivity (Wildman–Crippen MR) is 107 cm³/mol. The number of aromatic nitrogens is 1. The summed E-state index contributed by atoms with van der Waals surface area (Å²) in [6, 6.07) is 10.4. The van der Waals surface area contributed by atoms with Crippen molar-refractivity contribution in [3.05, 3.63) is 41.8 Å². The molecule has 1 aromatic heterocycles. The minimum atomic E-state index is 0.00202. The van der Waals surface area contributed by atoms with Crippen molar-refractivity contribution < 1.29 is 13.9 Å². The van der Waals surface area contributed by atoms with Crippen LogP contribution in [0.3, 0.4) is 0 Å². The lowest BCUT2D eigenvalue weighted by Crippen LogP contribution is -2.48. The van der Waals surface area contributed by atoms with Gasteiger partial charge >= 0.3 is 0 Å². The molecule has 2 aromatic rings. The zero-order valence-corrected chi connectivity index (χ0v) is 16.9. The third kappa shape index (κ3) is 4.13. The van der Waals surface area contributed by atoms with E-state index in [1.807, 2.05) is 37.3 Å². The highest BCUT2D eigenvalue weighted by Gasteiger charge is 2.38.